The van der Waals surface area contributed by atoms with Crippen LogP contribution in [-0.4, -0.2) is 18.6 Å². The number of rotatable bonds is 7. The average molecular weight is 296 g/mol. The topological polar surface area (TPSA) is 34.1 Å². The van der Waals surface area contributed by atoms with E-state index in [0.29, 0.717) is 5.92 Å². The molecule has 1 fully saturated rings. The summed E-state index contributed by atoms with van der Waals surface area (Å²) in [4.78, 5) is 6.39. The summed E-state index contributed by atoms with van der Waals surface area (Å²) in [6.45, 7) is 8.31. The highest BCUT2D eigenvalue weighted by atomic mass is 32.1. The first-order valence-corrected chi connectivity index (χ1v) is 8.70. The third-order valence-electron chi connectivity index (χ3n) is 3.94. The maximum absolute atomic E-state index is 6.16. The Morgan fingerprint density at radius 2 is 2.05 bits per heavy atom. The lowest BCUT2D eigenvalue weighted by molar-refractivity contribution is -0.0392. The van der Waals surface area contributed by atoms with Gasteiger partial charge in [-0.05, 0) is 39.2 Å². The second-order valence-electron chi connectivity index (χ2n) is 6.15. The zero-order valence-corrected chi connectivity index (χ0v) is 14.1. The summed E-state index contributed by atoms with van der Waals surface area (Å²) in [7, 11) is 2.01. The fourth-order valence-electron chi connectivity index (χ4n) is 3.07. The fourth-order valence-corrected chi connectivity index (χ4v) is 4.37. The molecule has 114 valence electrons. The molecule has 1 heterocycles. The van der Waals surface area contributed by atoms with Crippen LogP contribution in [0.1, 0.15) is 62.0 Å². The molecule has 0 spiro atoms. The van der Waals surface area contributed by atoms with Crippen LogP contribution in [0.5, 0.6) is 0 Å². The van der Waals surface area contributed by atoms with Crippen LogP contribution < -0.4 is 5.32 Å². The summed E-state index contributed by atoms with van der Waals surface area (Å²) >= 11 is 1.86. The van der Waals surface area contributed by atoms with Crippen molar-refractivity contribution in [2.24, 2.45) is 5.92 Å². The number of thiazole rings is 1. The van der Waals surface area contributed by atoms with Crippen molar-refractivity contribution in [3.63, 3.8) is 0 Å². The van der Waals surface area contributed by atoms with Gasteiger partial charge in [0, 0.05) is 18.0 Å². The average Bonchev–Trinajstić information content (AvgIpc) is 2.99. The maximum Gasteiger partial charge on any atom is 0.125 e. The number of hydrogen-bond acceptors (Lipinski definition) is 4. The van der Waals surface area contributed by atoms with Gasteiger partial charge in [-0.2, -0.15) is 0 Å². The van der Waals surface area contributed by atoms with Gasteiger partial charge in [0.15, 0.2) is 0 Å². The van der Waals surface area contributed by atoms with E-state index < -0.39 is 0 Å². The molecule has 0 bridgehead atoms. The molecule has 0 aromatic carbocycles. The van der Waals surface area contributed by atoms with E-state index in [4.69, 9.17) is 9.72 Å². The van der Waals surface area contributed by atoms with Gasteiger partial charge in [0.2, 0.25) is 0 Å². The molecule has 20 heavy (non-hydrogen) atoms. The molecule has 0 unspecified atom stereocenters. The van der Waals surface area contributed by atoms with Gasteiger partial charge in [-0.15, -0.1) is 11.3 Å². The molecule has 1 N–H and O–H groups in total. The maximum atomic E-state index is 6.16. The normalized spacial score (nSPS) is 18.1. The summed E-state index contributed by atoms with van der Waals surface area (Å²) in [5.41, 5.74) is 1.19. The van der Waals surface area contributed by atoms with Crippen molar-refractivity contribution >= 4 is 11.3 Å². The quantitative estimate of drug-likeness (QED) is 0.829. The molecule has 1 aromatic rings. The van der Waals surface area contributed by atoms with E-state index in [1.807, 2.05) is 18.4 Å². The summed E-state index contributed by atoms with van der Waals surface area (Å²) in [5, 5.41) is 4.50. The fraction of sp³-hybridized carbons (Fsp3) is 0.812. The molecular formula is C16H28N2OS. The lowest BCUT2D eigenvalue weighted by atomic mass is 10.0. The summed E-state index contributed by atoms with van der Waals surface area (Å²) in [6, 6.07) is 0. The highest BCUT2D eigenvalue weighted by Gasteiger charge is 2.39. The lowest BCUT2D eigenvalue weighted by Gasteiger charge is -2.26. The molecule has 0 amide bonds. The molecule has 0 saturated heterocycles. The highest BCUT2D eigenvalue weighted by Crippen LogP contribution is 2.44. The number of ether oxygens (including phenoxy) is 1. The van der Waals surface area contributed by atoms with Gasteiger partial charge in [-0.1, -0.05) is 26.7 Å². The molecule has 1 aliphatic rings. The molecular weight excluding hydrogens is 268 g/mol. The Hall–Kier alpha value is -0.450. The molecule has 2 rings (SSSR count). The van der Waals surface area contributed by atoms with E-state index >= 15 is 0 Å². The zero-order chi connectivity index (χ0) is 14.6. The van der Waals surface area contributed by atoms with Crippen LogP contribution >= 0.6 is 11.3 Å². The van der Waals surface area contributed by atoms with Crippen LogP contribution in [0.2, 0.25) is 0 Å². The molecule has 0 atom stereocenters. The monoisotopic (exact) mass is 296 g/mol. The minimum atomic E-state index is -0.0862. The van der Waals surface area contributed by atoms with E-state index in [-0.39, 0.29) is 5.60 Å². The van der Waals surface area contributed by atoms with Crippen molar-refractivity contribution < 1.29 is 4.74 Å². The Balaban J connectivity index is 2.30. The third kappa shape index (κ3) is 3.41. The minimum absolute atomic E-state index is 0.0862. The SMILES string of the molecule is CCOC1(c2nc(CC(C)C)c(CNC)s2)CCCC1. The van der Waals surface area contributed by atoms with Gasteiger partial charge < -0.3 is 10.1 Å². The van der Waals surface area contributed by atoms with Crippen LogP contribution in [0, 0.1) is 5.92 Å². The summed E-state index contributed by atoms with van der Waals surface area (Å²) in [6.07, 6.45) is 5.86. The summed E-state index contributed by atoms with van der Waals surface area (Å²) < 4.78 is 6.16. The Morgan fingerprint density at radius 3 is 2.60 bits per heavy atom. The Morgan fingerprint density at radius 1 is 1.35 bits per heavy atom. The van der Waals surface area contributed by atoms with E-state index in [2.05, 4.69) is 26.1 Å². The van der Waals surface area contributed by atoms with Crippen molar-refractivity contribution in [3.8, 4) is 0 Å². The zero-order valence-electron chi connectivity index (χ0n) is 13.3. The molecule has 1 aliphatic carbocycles. The predicted molar refractivity (Wildman–Crippen MR) is 85.2 cm³/mol. The Bertz CT molecular complexity index is 422. The second-order valence-corrected chi connectivity index (χ2v) is 7.24. The molecule has 4 heteroatoms. The minimum Gasteiger partial charge on any atom is -0.368 e. The van der Waals surface area contributed by atoms with Crippen LogP contribution in [0.25, 0.3) is 0 Å². The second kappa shape index (κ2) is 7.01. The van der Waals surface area contributed by atoms with E-state index in [1.165, 1.54) is 28.4 Å². The number of hydrogen-bond donors (Lipinski definition) is 1. The van der Waals surface area contributed by atoms with E-state index in [0.717, 1.165) is 32.4 Å². The van der Waals surface area contributed by atoms with Crippen LogP contribution in [-0.2, 0) is 23.3 Å². The van der Waals surface area contributed by atoms with Gasteiger partial charge in [0.05, 0.1) is 5.69 Å². The first kappa shape index (κ1) is 15.9. The first-order chi connectivity index (χ1) is 9.61. The van der Waals surface area contributed by atoms with Gasteiger partial charge in [-0.3, -0.25) is 0 Å². The Labute approximate surface area is 127 Å². The van der Waals surface area contributed by atoms with Crippen molar-refractivity contribution in [1.29, 1.82) is 0 Å². The van der Waals surface area contributed by atoms with Crippen molar-refractivity contribution in [2.75, 3.05) is 13.7 Å². The lowest BCUT2D eigenvalue weighted by Crippen LogP contribution is -2.26. The number of aromatic nitrogens is 1. The largest absolute Gasteiger partial charge is 0.368 e. The van der Waals surface area contributed by atoms with Crippen LogP contribution in [0.4, 0.5) is 0 Å². The molecule has 1 aromatic heterocycles. The molecule has 0 aliphatic heterocycles. The van der Waals surface area contributed by atoms with Crippen LogP contribution in [0.15, 0.2) is 0 Å². The standard InChI is InChI=1S/C16H28N2OS/c1-5-19-16(8-6-7-9-16)15-18-13(10-12(2)3)14(20-15)11-17-4/h12,17H,5-11H2,1-4H3. The number of nitrogens with zero attached hydrogens (tertiary/aromatic N) is 1. The highest BCUT2D eigenvalue weighted by molar-refractivity contribution is 7.11. The molecule has 1 saturated carbocycles. The first-order valence-electron chi connectivity index (χ1n) is 7.89. The molecule has 3 nitrogen and oxygen atoms in total. The summed E-state index contributed by atoms with van der Waals surface area (Å²) in [5.74, 6) is 0.646. The molecule has 0 radical (unpaired) electrons. The van der Waals surface area contributed by atoms with Gasteiger partial charge in [0.25, 0.3) is 0 Å². The predicted octanol–water partition coefficient (Wildman–Crippen LogP) is 3.87. The smallest absolute Gasteiger partial charge is 0.125 e. The third-order valence-corrected chi connectivity index (χ3v) is 5.22. The Kier molecular flexibility index (Phi) is 5.58. The van der Waals surface area contributed by atoms with Crippen molar-refractivity contribution in [2.45, 2.75) is 65.0 Å². The van der Waals surface area contributed by atoms with Crippen LogP contribution in [0.3, 0.4) is 0 Å². The van der Waals surface area contributed by atoms with Crippen molar-refractivity contribution in [3.05, 3.63) is 15.6 Å². The van der Waals surface area contributed by atoms with Gasteiger partial charge in [0.1, 0.15) is 10.6 Å². The number of nitrogens with one attached hydrogen (secondary N) is 1. The van der Waals surface area contributed by atoms with Gasteiger partial charge >= 0.3 is 0 Å². The van der Waals surface area contributed by atoms with Crippen molar-refractivity contribution in [1.82, 2.24) is 10.3 Å². The van der Waals surface area contributed by atoms with E-state index in [9.17, 15) is 0 Å². The van der Waals surface area contributed by atoms with E-state index in [1.54, 1.807) is 0 Å². The van der Waals surface area contributed by atoms with Gasteiger partial charge in [-0.25, -0.2) is 4.98 Å².